The zero-order chi connectivity index (χ0) is 12.3. The summed E-state index contributed by atoms with van der Waals surface area (Å²) in [6, 6.07) is 0. The highest BCUT2D eigenvalue weighted by atomic mass is 16.6. The second-order valence-corrected chi connectivity index (χ2v) is 5.95. The minimum Gasteiger partial charge on any atom is -0.365 e. The van der Waals surface area contributed by atoms with E-state index in [9.17, 15) is 15.2 Å². The predicted octanol–water partition coefficient (Wildman–Crippen LogP) is 1.57. The lowest BCUT2D eigenvalue weighted by Crippen LogP contribution is -2.61. The van der Waals surface area contributed by atoms with Crippen molar-refractivity contribution in [3.05, 3.63) is 10.1 Å². The van der Waals surface area contributed by atoms with Gasteiger partial charge < -0.3 is 9.84 Å². The fourth-order valence-electron chi connectivity index (χ4n) is 4.40. The fourth-order valence-corrected chi connectivity index (χ4v) is 4.40. The number of hydrogen-bond acceptors (Lipinski definition) is 4. The van der Waals surface area contributed by atoms with Crippen LogP contribution in [0.25, 0.3) is 0 Å². The van der Waals surface area contributed by atoms with Crippen LogP contribution in [0.5, 0.6) is 0 Å². The van der Waals surface area contributed by atoms with Crippen LogP contribution in [0.2, 0.25) is 0 Å². The Hall–Kier alpha value is -0.680. The molecule has 5 heteroatoms. The first-order chi connectivity index (χ1) is 8.01. The van der Waals surface area contributed by atoms with Crippen molar-refractivity contribution in [2.75, 3.05) is 6.61 Å². The van der Waals surface area contributed by atoms with Crippen LogP contribution < -0.4 is 0 Å². The normalized spacial score (nSPS) is 53.2. The van der Waals surface area contributed by atoms with Crippen LogP contribution >= 0.6 is 0 Å². The maximum atomic E-state index is 11.6. The van der Waals surface area contributed by atoms with Gasteiger partial charge in [0.2, 0.25) is 5.54 Å². The van der Waals surface area contributed by atoms with Crippen molar-refractivity contribution in [3.8, 4) is 0 Å². The van der Waals surface area contributed by atoms with Crippen LogP contribution in [0.1, 0.15) is 39.0 Å². The molecule has 0 unspecified atom stereocenters. The molecular weight excluding hydrogens is 222 g/mol. The van der Waals surface area contributed by atoms with E-state index in [0.29, 0.717) is 19.4 Å². The predicted molar refractivity (Wildman–Crippen MR) is 59.9 cm³/mol. The topological polar surface area (TPSA) is 72.6 Å². The molecule has 5 nitrogen and oxygen atoms in total. The molecule has 3 fully saturated rings. The highest BCUT2D eigenvalue weighted by molar-refractivity contribution is 5.09. The summed E-state index contributed by atoms with van der Waals surface area (Å²) in [4.78, 5) is 11.6. The SMILES string of the molecule is C[C@@H]1[C@@H]2CO[C@@]1(O)C[C@@H]1CCCC[C@@]12[N+](=O)[O-]. The van der Waals surface area contributed by atoms with E-state index < -0.39 is 11.3 Å². The number of ether oxygens (including phenoxy) is 1. The Labute approximate surface area is 100 Å². The second-order valence-electron chi connectivity index (χ2n) is 5.95. The van der Waals surface area contributed by atoms with Gasteiger partial charge in [0.1, 0.15) is 0 Å². The number of fused-ring (bicyclic) bond motifs is 4. The first-order valence-corrected chi connectivity index (χ1v) is 6.51. The Morgan fingerprint density at radius 3 is 2.94 bits per heavy atom. The molecule has 0 radical (unpaired) electrons. The van der Waals surface area contributed by atoms with Gasteiger partial charge in [-0.1, -0.05) is 13.3 Å². The monoisotopic (exact) mass is 241 g/mol. The number of rotatable bonds is 1. The summed E-state index contributed by atoms with van der Waals surface area (Å²) >= 11 is 0. The lowest BCUT2D eigenvalue weighted by molar-refractivity contribution is -0.602. The highest BCUT2D eigenvalue weighted by Gasteiger charge is 2.69. The number of hydrogen-bond donors (Lipinski definition) is 1. The van der Waals surface area contributed by atoms with E-state index in [4.69, 9.17) is 4.74 Å². The van der Waals surface area contributed by atoms with Gasteiger partial charge in [-0.05, 0) is 12.8 Å². The molecule has 2 saturated carbocycles. The largest absolute Gasteiger partial charge is 0.365 e. The molecule has 2 bridgehead atoms. The molecular formula is C12H19NO4. The summed E-state index contributed by atoms with van der Waals surface area (Å²) in [5.41, 5.74) is -0.833. The molecule has 0 aromatic heterocycles. The molecule has 5 atom stereocenters. The number of nitro groups is 1. The Balaban J connectivity index is 2.05. The van der Waals surface area contributed by atoms with Crippen LogP contribution in [0, 0.1) is 27.9 Å². The smallest absolute Gasteiger partial charge is 0.230 e. The van der Waals surface area contributed by atoms with Gasteiger partial charge in [0.15, 0.2) is 5.79 Å². The van der Waals surface area contributed by atoms with E-state index in [1.54, 1.807) is 0 Å². The summed E-state index contributed by atoms with van der Waals surface area (Å²) in [5, 5.41) is 22.0. The molecule has 1 N–H and O–H groups in total. The number of aliphatic hydroxyl groups is 1. The number of nitrogens with zero attached hydrogens (tertiary/aromatic N) is 1. The molecule has 0 amide bonds. The fraction of sp³-hybridized carbons (Fsp3) is 1.00. The minimum atomic E-state index is -1.10. The second kappa shape index (κ2) is 3.42. The zero-order valence-electron chi connectivity index (χ0n) is 10.1. The van der Waals surface area contributed by atoms with E-state index in [2.05, 4.69) is 0 Å². The van der Waals surface area contributed by atoms with Gasteiger partial charge in [-0.2, -0.15) is 0 Å². The molecule has 1 heterocycles. The lowest BCUT2D eigenvalue weighted by Gasteiger charge is -2.48. The molecule has 0 spiro atoms. The highest BCUT2D eigenvalue weighted by Crippen LogP contribution is 2.58. The van der Waals surface area contributed by atoms with Gasteiger partial charge in [-0.3, -0.25) is 10.1 Å². The molecule has 3 aliphatic rings. The van der Waals surface area contributed by atoms with Gasteiger partial charge >= 0.3 is 0 Å². The van der Waals surface area contributed by atoms with Crippen molar-refractivity contribution in [3.63, 3.8) is 0 Å². The third-order valence-electron chi connectivity index (χ3n) is 5.44. The summed E-state index contributed by atoms with van der Waals surface area (Å²) in [6.07, 6.45) is 3.91. The van der Waals surface area contributed by atoms with Gasteiger partial charge in [-0.25, -0.2) is 0 Å². The maximum Gasteiger partial charge on any atom is 0.230 e. The van der Waals surface area contributed by atoms with Gasteiger partial charge in [-0.15, -0.1) is 0 Å². The van der Waals surface area contributed by atoms with Crippen molar-refractivity contribution in [2.24, 2.45) is 17.8 Å². The standard InChI is InChI=1S/C12H19NO4/c1-8-10-7-17-12(8,14)6-9-4-2-3-5-11(9,10)13(15)16/h8-10,14H,2-7H2,1H3/t8-,9+,10+,11-,12+/m1/s1. The summed E-state index contributed by atoms with van der Waals surface area (Å²) in [7, 11) is 0. The van der Waals surface area contributed by atoms with Crippen molar-refractivity contribution in [2.45, 2.75) is 50.4 Å². The van der Waals surface area contributed by atoms with E-state index in [1.807, 2.05) is 6.92 Å². The summed E-state index contributed by atoms with van der Waals surface area (Å²) in [6.45, 7) is 2.24. The van der Waals surface area contributed by atoms with Crippen molar-refractivity contribution in [1.29, 1.82) is 0 Å². The molecule has 1 aliphatic heterocycles. The van der Waals surface area contributed by atoms with Gasteiger partial charge in [0.05, 0.1) is 12.5 Å². The van der Waals surface area contributed by atoms with Crippen LogP contribution in [0.4, 0.5) is 0 Å². The third kappa shape index (κ3) is 1.27. The van der Waals surface area contributed by atoms with Crippen LogP contribution in [0.3, 0.4) is 0 Å². The van der Waals surface area contributed by atoms with Crippen molar-refractivity contribution < 1.29 is 14.8 Å². The van der Waals surface area contributed by atoms with E-state index in [0.717, 1.165) is 19.3 Å². The van der Waals surface area contributed by atoms with Gasteiger partial charge in [0, 0.05) is 29.6 Å². The molecule has 0 aromatic carbocycles. The third-order valence-corrected chi connectivity index (χ3v) is 5.44. The van der Waals surface area contributed by atoms with Gasteiger partial charge in [0.25, 0.3) is 0 Å². The Morgan fingerprint density at radius 2 is 2.24 bits per heavy atom. The zero-order valence-corrected chi connectivity index (χ0v) is 10.1. The first-order valence-electron chi connectivity index (χ1n) is 6.51. The van der Waals surface area contributed by atoms with Crippen molar-refractivity contribution >= 4 is 0 Å². The minimum absolute atomic E-state index is 0.0139. The first kappa shape index (κ1) is 11.4. The average molecular weight is 241 g/mol. The summed E-state index contributed by atoms with van der Waals surface area (Å²) < 4.78 is 5.49. The molecule has 0 aromatic rings. The van der Waals surface area contributed by atoms with Crippen LogP contribution in [0.15, 0.2) is 0 Å². The Bertz CT molecular complexity index is 360. The molecule has 96 valence electrons. The van der Waals surface area contributed by atoms with E-state index in [1.165, 1.54) is 0 Å². The van der Waals surface area contributed by atoms with E-state index >= 15 is 0 Å². The molecule has 2 aliphatic carbocycles. The average Bonchev–Trinajstić information content (AvgIpc) is 2.50. The van der Waals surface area contributed by atoms with Crippen LogP contribution in [-0.2, 0) is 4.74 Å². The Morgan fingerprint density at radius 1 is 1.47 bits per heavy atom. The lowest BCUT2D eigenvalue weighted by atomic mass is 9.56. The summed E-state index contributed by atoms with van der Waals surface area (Å²) in [5.74, 6) is -1.37. The maximum absolute atomic E-state index is 11.6. The van der Waals surface area contributed by atoms with Crippen LogP contribution in [-0.4, -0.2) is 28.0 Å². The molecule has 3 rings (SSSR count). The quantitative estimate of drug-likeness (QED) is 0.558. The van der Waals surface area contributed by atoms with E-state index in [-0.39, 0.29) is 22.7 Å². The molecule has 17 heavy (non-hydrogen) atoms. The molecule has 1 saturated heterocycles. The van der Waals surface area contributed by atoms with Crippen molar-refractivity contribution in [1.82, 2.24) is 0 Å². The Kier molecular flexibility index (Phi) is 2.29.